The van der Waals surface area contributed by atoms with Crippen LogP contribution in [0.5, 0.6) is 0 Å². The van der Waals surface area contributed by atoms with Crippen molar-refractivity contribution in [3.05, 3.63) is 70.9 Å². The molecule has 2 aliphatic heterocycles. The number of imide groups is 1. The van der Waals surface area contributed by atoms with Crippen molar-refractivity contribution < 1.29 is 19.1 Å². The number of piperazine rings is 1. The lowest BCUT2D eigenvalue weighted by Gasteiger charge is -2.34. The van der Waals surface area contributed by atoms with Crippen LogP contribution >= 0.6 is 0 Å². The maximum absolute atomic E-state index is 13.6. The number of esters is 1. The Bertz CT molecular complexity index is 1080. The van der Waals surface area contributed by atoms with E-state index in [4.69, 9.17) is 4.74 Å². The van der Waals surface area contributed by atoms with Crippen molar-refractivity contribution in [3.8, 4) is 0 Å². The molecule has 0 aliphatic carbocycles. The van der Waals surface area contributed by atoms with Crippen molar-refractivity contribution in [2.24, 2.45) is 0 Å². The molecule has 2 heterocycles. The fourth-order valence-electron chi connectivity index (χ4n) is 4.08. The zero-order valence-corrected chi connectivity index (χ0v) is 19.3. The van der Waals surface area contributed by atoms with Gasteiger partial charge in [0.15, 0.2) is 0 Å². The number of hydrogen-bond donors (Lipinski definition) is 0. The van der Waals surface area contributed by atoms with E-state index in [-0.39, 0.29) is 11.8 Å². The Morgan fingerprint density at radius 1 is 0.909 bits per heavy atom. The molecule has 0 aromatic heterocycles. The lowest BCUT2D eigenvalue weighted by atomic mass is 10.0. The third-order valence-electron chi connectivity index (χ3n) is 6.02. The number of benzene rings is 2. The number of anilines is 1. The van der Waals surface area contributed by atoms with Gasteiger partial charge in [-0.2, -0.15) is 0 Å². The van der Waals surface area contributed by atoms with Gasteiger partial charge in [0, 0.05) is 26.2 Å². The Hall–Kier alpha value is -3.45. The van der Waals surface area contributed by atoms with Crippen LogP contribution < -0.4 is 4.90 Å². The number of rotatable bonds is 6. The summed E-state index contributed by atoms with van der Waals surface area (Å²) >= 11 is 0. The number of nitrogens with zero attached hydrogens (tertiary/aromatic N) is 3. The number of carbonyl (C=O) groups is 3. The lowest BCUT2D eigenvalue weighted by Crippen LogP contribution is -2.46. The second-order valence-electron chi connectivity index (χ2n) is 8.51. The first kappa shape index (κ1) is 22.7. The molecule has 0 atom stereocenters. The molecule has 0 saturated carbocycles. The third-order valence-corrected chi connectivity index (χ3v) is 6.02. The summed E-state index contributed by atoms with van der Waals surface area (Å²) in [5, 5.41) is 0. The first-order valence-electron chi connectivity index (χ1n) is 11.3. The first-order valence-corrected chi connectivity index (χ1v) is 11.3. The predicted molar refractivity (Wildman–Crippen MR) is 127 cm³/mol. The van der Waals surface area contributed by atoms with Gasteiger partial charge in [0.2, 0.25) is 0 Å². The average Bonchev–Trinajstić information content (AvgIpc) is 3.08. The molecule has 1 fully saturated rings. The van der Waals surface area contributed by atoms with E-state index in [0.717, 1.165) is 30.6 Å². The summed E-state index contributed by atoms with van der Waals surface area (Å²) in [6.45, 7) is 7.26. The summed E-state index contributed by atoms with van der Waals surface area (Å²) in [6, 6.07) is 14.1. The second kappa shape index (κ2) is 9.58. The minimum Gasteiger partial charge on any atom is -0.462 e. The van der Waals surface area contributed by atoms with Crippen LogP contribution in [-0.4, -0.2) is 67.4 Å². The van der Waals surface area contributed by atoms with Crippen LogP contribution in [0.1, 0.15) is 34.8 Å². The van der Waals surface area contributed by atoms with Gasteiger partial charge in [0.25, 0.3) is 11.8 Å². The highest BCUT2D eigenvalue weighted by molar-refractivity contribution is 6.45. The number of likely N-dealkylation sites (N-methyl/N-ethyl adjacent to an activating group) is 1. The molecule has 33 heavy (non-hydrogen) atoms. The van der Waals surface area contributed by atoms with Crippen molar-refractivity contribution in [1.29, 1.82) is 0 Å². The van der Waals surface area contributed by atoms with E-state index in [1.54, 1.807) is 24.3 Å². The van der Waals surface area contributed by atoms with E-state index in [2.05, 4.69) is 4.90 Å². The smallest absolute Gasteiger partial charge is 0.338 e. The quantitative estimate of drug-likeness (QED) is 0.501. The van der Waals surface area contributed by atoms with Gasteiger partial charge in [-0.15, -0.1) is 0 Å². The fourth-order valence-corrected chi connectivity index (χ4v) is 4.08. The maximum atomic E-state index is 13.6. The van der Waals surface area contributed by atoms with Crippen LogP contribution in [0.15, 0.2) is 54.2 Å². The molecule has 172 valence electrons. The van der Waals surface area contributed by atoms with Gasteiger partial charge in [0.1, 0.15) is 5.70 Å². The summed E-state index contributed by atoms with van der Waals surface area (Å²) in [5.41, 5.74) is 3.51. The van der Waals surface area contributed by atoms with Crippen molar-refractivity contribution in [1.82, 2.24) is 9.80 Å². The van der Waals surface area contributed by atoms with Gasteiger partial charge >= 0.3 is 5.97 Å². The second-order valence-corrected chi connectivity index (χ2v) is 8.51. The first-order chi connectivity index (χ1) is 15.9. The van der Waals surface area contributed by atoms with Gasteiger partial charge < -0.3 is 14.5 Å². The summed E-state index contributed by atoms with van der Waals surface area (Å²) < 4.78 is 5.17. The highest BCUT2D eigenvalue weighted by atomic mass is 16.5. The number of aryl methyl sites for hydroxylation is 1. The minimum absolute atomic E-state index is 0.332. The van der Waals surface area contributed by atoms with E-state index in [1.807, 2.05) is 50.1 Å². The zero-order valence-electron chi connectivity index (χ0n) is 19.3. The monoisotopic (exact) mass is 447 g/mol. The summed E-state index contributed by atoms with van der Waals surface area (Å²) in [6.07, 6.45) is 0.739. The number of carbonyl (C=O) groups excluding carboxylic acids is 3. The van der Waals surface area contributed by atoms with Gasteiger partial charge in [-0.3, -0.25) is 9.59 Å². The van der Waals surface area contributed by atoms with Gasteiger partial charge in [-0.05, 0) is 50.2 Å². The Labute approximate surface area is 194 Å². The van der Waals surface area contributed by atoms with Crippen molar-refractivity contribution in [2.75, 3.05) is 44.7 Å². The Kier molecular flexibility index (Phi) is 6.60. The van der Waals surface area contributed by atoms with Crippen LogP contribution in [0.3, 0.4) is 0 Å². The third kappa shape index (κ3) is 4.54. The standard InChI is InChI=1S/C26H29N3O4/c1-4-17-33-26(32)20-9-11-21(12-10-20)29-24(30)22(19-7-5-18(2)6-8-19)23(25(29)31)28-15-13-27(3)14-16-28/h5-12H,4,13-17H2,1-3H3. The number of hydrogen-bond acceptors (Lipinski definition) is 6. The van der Waals surface area contributed by atoms with E-state index in [9.17, 15) is 14.4 Å². The summed E-state index contributed by atoms with van der Waals surface area (Å²) in [7, 11) is 2.05. The van der Waals surface area contributed by atoms with Gasteiger partial charge in [-0.25, -0.2) is 9.69 Å². The summed E-state index contributed by atoms with van der Waals surface area (Å²) in [4.78, 5) is 44.8. The van der Waals surface area contributed by atoms with Crippen molar-refractivity contribution in [2.45, 2.75) is 20.3 Å². The van der Waals surface area contributed by atoms with Crippen LogP contribution in [0.2, 0.25) is 0 Å². The van der Waals surface area contributed by atoms with E-state index in [1.165, 1.54) is 4.90 Å². The molecule has 2 aromatic rings. The Morgan fingerprint density at radius 2 is 1.55 bits per heavy atom. The molecule has 4 rings (SSSR count). The predicted octanol–water partition coefficient (Wildman–Crippen LogP) is 3.09. The molecule has 2 aromatic carbocycles. The molecule has 2 aliphatic rings. The number of ether oxygens (including phenoxy) is 1. The molecule has 7 nitrogen and oxygen atoms in total. The summed E-state index contributed by atoms with van der Waals surface area (Å²) in [5.74, 6) is -1.10. The molecule has 0 N–H and O–H groups in total. The molecule has 0 unspecified atom stereocenters. The molecule has 7 heteroatoms. The Morgan fingerprint density at radius 3 is 2.15 bits per heavy atom. The fraction of sp³-hybridized carbons (Fsp3) is 0.346. The van der Waals surface area contributed by atoms with Crippen LogP contribution in [0.25, 0.3) is 5.57 Å². The van der Waals surface area contributed by atoms with Crippen LogP contribution in [0, 0.1) is 6.92 Å². The lowest BCUT2D eigenvalue weighted by molar-refractivity contribution is -0.120. The number of amides is 2. The van der Waals surface area contributed by atoms with Gasteiger partial charge in [0.05, 0.1) is 23.4 Å². The maximum Gasteiger partial charge on any atom is 0.338 e. The normalized spacial score (nSPS) is 17.2. The van der Waals surface area contributed by atoms with E-state index >= 15 is 0 Å². The molecular formula is C26H29N3O4. The van der Waals surface area contributed by atoms with Crippen LogP contribution in [0.4, 0.5) is 5.69 Å². The molecule has 1 saturated heterocycles. The topological polar surface area (TPSA) is 70.2 Å². The van der Waals surface area contributed by atoms with E-state index in [0.29, 0.717) is 42.2 Å². The molecule has 0 spiro atoms. The highest BCUT2D eigenvalue weighted by Crippen LogP contribution is 2.35. The van der Waals surface area contributed by atoms with Crippen molar-refractivity contribution in [3.63, 3.8) is 0 Å². The van der Waals surface area contributed by atoms with Crippen molar-refractivity contribution >= 4 is 29.0 Å². The van der Waals surface area contributed by atoms with E-state index < -0.39 is 5.97 Å². The van der Waals surface area contributed by atoms with Gasteiger partial charge in [-0.1, -0.05) is 36.8 Å². The van der Waals surface area contributed by atoms with Crippen LogP contribution in [-0.2, 0) is 14.3 Å². The largest absolute Gasteiger partial charge is 0.462 e. The zero-order chi connectivity index (χ0) is 23.5. The molecular weight excluding hydrogens is 418 g/mol. The highest BCUT2D eigenvalue weighted by Gasteiger charge is 2.42. The average molecular weight is 448 g/mol. The Balaban J connectivity index is 1.68. The molecule has 2 amide bonds. The SMILES string of the molecule is CCCOC(=O)c1ccc(N2C(=O)C(c3ccc(C)cc3)=C(N3CCN(C)CC3)C2=O)cc1. The molecule has 0 bridgehead atoms. The minimum atomic E-state index is -0.418. The molecule has 0 radical (unpaired) electrons.